The van der Waals surface area contributed by atoms with Gasteiger partial charge in [-0.1, -0.05) is 0 Å². The Hall–Kier alpha value is -2.65. The van der Waals surface area contributed by atoms with Crippen molar-refractivity contribution < 1.29 is 220 Å². The predicted octanol–water partition coefficient (Wildman–Crippen LogP) is -8.21. The average Bonchev–Trinajstić information content (AvgIpc) is 0.724. The molecule has 56 heteroatoms. The Balaban J connectivity index is 1.28. The van der Waals surface area contributed by atoms with Gasteiger partial charge < -0.3 is 90.7 Å². The van der Waals surface area contributed by atoms with Crippen molar-refractivity contribution >= 4 is 84.7 Å². The van der Waals surface area contributed by atoms with Crippen LogP contribution in [0.5, 0.6) is 0 Å². The maximum atomic E-state index is 13.7. The highest BCUT2D eigenvalue weighted by atomic mass is 32.3. The van der Waals surface area contributed by atoms with Crippen molar-refractivity contribution in [3.05, 3.63) is 0 Å². The number of fused-ring (bicyclic) bond motifs is 6. The van der Waals surface area contributed by atoms with Crippen molar-refractivity contribution in [1.82, 2.24) is 0 Å². The van der Waals surface area contributed by atoms with Gasteiger partial charge in [-0.3, -0.25) is 31.9 Å². The molecule has 0 saturated carbocycles. The highest BCUT2D eigenvalue weighted by Crippen LogP contribution is 2.48. The third-order valence-electron chi connectivity index (χ3n) is 14.6. The fourth-order valence-electron chi connectivity index (χ4n) is 11.1. The highest BCUT2D eigenvalue weighted by molar-refractivity contribution is 7.82. The van der Waals surface area contributed by atoms with Gasteiger partial charge in [-0.2, -0.15) is 58.9 Å². The SMILES string of the molecule is CO[C@H]1O[C@H](COS(=O)(=O)O)[C@@H](O[C@@H]2O[C@@]3(C(=O)O)CO[C@H]2[C@@H](OC)[C@@H]3O[C@H]2O[C@H](COS(=O)(=O)O)[C@@H](O[C@@H]3O[C@]4(C(=O)O)CO[C@@H]3[C@@H](OC)[C@@H]4O[C@H]3O[C@H](COS(=O)(=O)O)[C@@H](OC)[C@H](OC)[C@H]3OC)[C@H](OS(=O)(=O)O)[C@H]2OS(=O)(=O)O)[C@H](OS(=O)(=O)O)[C@H]1OS(=O)(=O)O. The van der Waals surface area contributed by atoms with Crippen LogP contribution in [-0.2, 0) is 192 Å². The zero-order chi connectivity index (χ0) is 70.4. The van der Waals surface area contributed by atoms with Gasteiger partial charge in [-0.25, -0.2) is 38.9 Å². The molecule has 9 rings (SSSR count). The minimum atomic E-state index is -6.19. The van der Waals surface area contributed by atoms with Crippen molar-refractivity contribution in [3.8, 4) is 0 Å². The minimum absolute atomic E-state index is 0.714. The molecule has 0 amide bonds. The van der Waals surface area contributed by atoms with E-state index in [1.807, 2.05) is 0 Å². The molecule has 548 valence electrons. The molecule has 9 fully saturated rings. The number of carboxylic acid groups (broad SMARTS) is 2. The molecule has 0 aromatic rings. The quantitative estimate of drug-likeness (QED) is 0.0276. The van der Waals surface area contributed by atoms with Crippen LogP contribution >= 0.6 is 0 Å². The summed E-state index contributed by atoms with van der Waals surface area (Å²) in [7, 11) is -34.8. The number of hydrogen-bond acceptors (Lipinski definition) is 40. The zero-order valence-corrected chi connectivity index (χ0v) is 53.7. The molecule has 9 saturated heterocycles. The molecule has 49 nitrogen and oxygen atoms in total. The van der Waals surface area contributed by atoms with Crippen LogP contribution in [0.1, 0.15) is 0 Å². The second kappa shape index (κ2) is 29.9. The highest BCUT2D eigenvalue weighted by Gasteiger charge is 2.71. The lowest BCUT2D eigenvalue weighted by Gasteiger charge is -2.57. The Morgan fingerprint density at radius 3 is 0.947 bits per heavy atom. The maximum Gasteiger partial charge on any atom is 0.397 e. The second-order valence-electron chi connectivity index (χ2n) is 20.2. The van der Waals surface area contributed by atoms with Gasteiger partial charge in [0.05, 0.1) is 33.0 Å². The maximum absolute atomic E-state index is 13.7. The lowest BCUT2D eigenvalue weighted by Crippen LogP contribution is -2.78. The first-order valence-electron chi connectivity index (χ1n) is 25.5. The average molecular weight is 1530 g/mol. The largest absolute Gasteiger partial charge is 0.479 e. The molecule has 0 aromatic heterocycles. The fraction of sp³-hybridized carbons (Fsp3) is 0.947. The number of aliphatic carboxylic acids is 2. The molecule has 0 spiro atoms. The first kappa shape index (κ1) is 78.7. The molecule has 94 heavy (non-hydrogen) atoms. The van der Waals surface area contributed by atoms with Crippen molar-refractivity contribution in [2.24, 2.45) is 0 Å². The summed E-state index contributed by atoms with van der Waals surface area (Å²) in [5, 5.41) is 22.0. The summed E-state index contributed by atoms with van der Waals surface area (Å²) in [5.74, 6) is -4.31. The number of methoxy groups -OCH3 is 6. The van der Waals surface area contributed by atoms with Gasteiger partial charge >= 0.3 is 84.7 Å². The van der Waals surface area contributed by atoms with E-state index >= 15 is 0 Å². The molecular formula is C38H60O49S7. The second-order valence-corrected chi connectivity index (χ2v) is 27.7. The molecule has 9 N–H and O–H groups in total. The van der Waals surface area contributed by atoms with Crippen LogP contribution in [0.2, 0.25) is 0 Å². The molecule has 0 radical (unpaired) electrons. The summed E-state index contributed by atoms with van der Waals surface area (Å²) in [6, 6.07) is 0. The summed E-state index contributed by atoms with van der Waals surface area (Å²) in [5.41, 5.74) is -6.35. The van der Waals surface area contributed by atoms with Crippen LogP contribution in [0, 0.1) is 0 Å². The van der Waals surface area contributed by atoms with Gasteiger partial charge in [0, 0.05) is 42.7 Å². The Labute approximate surface area is 531 Å². The van der Waals surface area contributed by atoms with E-state index in [1.54, 1.807) is 0 Å². The number of ether oxygens (including phenoxy) is 17. The van der Waals surface area contributed by atoms with E-state index in [-0.39, 0.29) is 0 Å². The molecule has 4 bridgehead atoms. The molecule has 0 aromatic carbocycles. The van der Waals surface area contributed by atoms with Crippen LogP contribution in [0.25, 0.3) is 0 Å². The monoisotopic (exact) mass is 1520 g/mol. The third kappa shape index (κ3) is 18.7. The van der Waals surface area contributed by atoms with Crippen molar-refractivity contribution in [3.63, 3.8) is 0 Å². The summed E-state index contributed by atoms with van der Waals surface area (Å²) in [6.07, 6.45) is -52.9. The Morgan fingerprint density at radius 2 is 0.649 bits per heavy atom. The smallest absolute Gasteiger partial charge is 0.397 e. The molecular weight excluding hydrogens is 1460 g/mol. The number of carboxylic acids is 2. The van der Waals surface area contributed by atoms with E-state index < -0.39 is 270 Å². The van der Waals surface area contributed by atoms with Gasteiger partial charge in [0.2, 0.25) is 11.2 Å². The normalized spacial score (nSPS) is 40.1. The van der Waals surface area contributed by atoms with Gasteiger partial charge in [-0.15, -0.1) is 0 Å². The summed E-state index contributed by atoms with van der Waals surface area (Å²) < 4.78 is 368. The Morgan fingerprint density at radius 1 is 0.351 bits per heavy atom. The molecule has 0 unspecified atom stereocenters. The van der Waals surface area contributed by atoms with E-state index in [0.29, 0.717) is 7.11 Å². The Bertz CT molecular complexity index is 3490. The Kier molecular flexibility index (Phi) is 25.0. The van der Waals surface area contributed by atoms with Crippen LogP contribution in [-0.4, -0.2) is 341 Å². The summed E-state index contributed by atoms with van der Waals surface area (Å²) in [6.45, 7) is -6.70. The lowest BCUT2D eigenvalue weighted by molar-refractivity contribution is -0.436. The topological polar surface area (TPSA) is 677 Å². The molecule has 0 aliphatic carbocycles. The number of carbonyl (C=O) groups is 2. The van der Waals surface area contributed by atoms with E-state index in [1.165, 1.54) is 0 Å². The zero-order valence-electron chi connectivity index (χ0n) is 48.0. The third-order valence-corrected chi connectivity index (χ3v) is 17.8. The van der Waals surface area contributed by atoms with Crippen LogP contribution in [0.15, 0.2) is 0 Å². The van der Waals surface area contributed by atoms with Crippen LogP contribution < -0.4 is 0 Å². The lowest BCUT2D eigenvalue weighted by atomic mass is 9.83. The van der Waals surface area contributed by atoms with E-state index in [9.17, 15) is 111 Å². The van der Waals surface area contributed by atoms with Crippen LogP contribution in [0.4, 0.5) is 0 Å². The van der Waals surface area contributed by atoms with Gasteiger partial charge in [-0.05, 0) is 0 Å². The molecule has 9 heterocycles. The van der Waals surface area contributed by atoms with Crippen molar-refractivity contribution in [2.45, 2.75) is 153 Å². The predicted molar refractivity (Wildman–Crippen MR) is 275 cm³/mol. The van der Waals surface area contributed by atoms with E-state index in [0.717, 1.165) is 35.5 Å². The fourth-order valence-corrected chi connectivity index (χ4v) is 14.0. The van der Waals surface area contributed by atoms with Gasteiger partial charge in [0.25, 0.3) is 0 Å². The summed E-state index contributed by atoms with van der Waals surface area (Å²) in [4.78, 5) is 27.3. The van der Waals surface area contributed by atoms with Crippen LogP contribution in [0.3, 0.4) is 0 Å². The number of hydrogen-bond donors (Lipinski definition) is 9. The molecule has 25 atom stereocenters. The summed E-state index contributed by atoms with van der Waals surface area (Å²) >= 11 is 0. The van der Waals surface area contributed by atoms with E-state index in [2.05, 4.69) is 20.9 Å². The van der Waals surface area contributed by atoms with E-state index in [4.69, 9.17) is 88.9 Å². The van der Waals surface area contributed by atoms with Gasteiger partial charge in [0.15, 0.2) is 43.7 Å². The standard InChI is InChI=1S/C38H60O49S7/c1-64-15-12(7-72-88(43,44)45)76-31(23(68-5)18(15)65-2)80-28-21(66-3)24-34(82-37(28,10-70-24)35(39)40)79-17-14(9-74-90(49,50)51)77-32(27(87-94(61,62)63)20(17)85-92(55,56)57)81-29-22(67-4)25-33(83-38(29,11-71-25)36(41)42)78-16-13(8-73-89(46,47)48)75-30(69-6)26(86-93(58,59)60)19(16)84-91(52,53)54/h12-34H,7-11H2,1-6H3,(H,39,40)(H,41,42)(H,43,44,45)(H,46,47,48)(H,49,50,51)(H,52,53,54)(H,55,56,57)(H,58,59,60)(H,61,62,63)/t12-,13-,14-,15-,16-,17-,18+,19+,20+,21-,22-,23-,24-,25+,26-,27-,28+,29+,30+,31-,32-,33-,34-,37-,38+/m1/s1. The molecule has 9 aliphatic heterocycles. The van der Waals surface area contributed by atoms with Crippen molar-refractivity contribution in [2.75, 3.05) is 75.7 Å². The van der Waals surface area contributed by atoms with Crippen molar-refractivity contribution in [1.29, 1.82) is 0 Å². The molecule has 9 aliphatic rings. The van der Waals surface area contributed by atoms with Gasteiger partial charge in [0.1, 0.15) is 97.7 Å². The number of rotatable bonds is 33. The first-order valence-corrected chi connectivity index (χ1v) is 35.1. The first-order chi connectivity index (χ1) is 43.3. The minimum Gasteiger partial charge on any atom is -0.479 e.